The molecule has 2 aliphatic heterocycles. The Bertz CT molecular complexity index is 1310. The molecule has 1 aromatic heterocycles. The number of azide groups is 1. The monoisotopic (exact) mass is 517 g/mol. The van der Waals surface area contributed by atoms with Crippen LogP contribution in [0, 0.1) is 11.6 Å². The number of rotatable bonds is 6. The lowest BCUT2D eigenvalue weighted by Crippen LogP contribution is -2.45. The highest BCUT2D eigenvalue weighted by molar-refractivity contribution is 7.48. The number of aliphatic hydroxyl groups excluding tert-OH is 2. The summed E-state index contributed by atoms with van der Waals surface area (Å²) in [6, 6.07) is 4.06. The number of aromatic amines is 1. The van der Waals surface area contributed by atoms with Crippen molar-refractivity contribution in [2.24, 2.45) is 5.11 Å². The quantitative estimate of drug-likeness (QED) is 0.219. The molecule has 3 N–H and O–H groups in total. The van der Waals surface area contributed by atoms with Crippen molar-refractivity contribution in [3.8, 4) is 0 Å². The summed E-state index contributed by atoms with van der Waals surface area (Å²) in [7, 11) is -4.55. The Morgan fingerprint density at radius 3 is 2.69 bits per heavy atom. The molecule has 2 saturated heterocycles. The fraction of sp³-hybridized carbons (Fsp3) is 0.444. The van der Waals surface area contributed by atoms with E-state index in [9.17, 15) is 33.1 Å². The number of aromatic nitrogens is 2. The molecule has 0 bridgehead atoms. The number of hydrogen-bond donors (Lipinski definition) is 3. The maximum atomic E-state index is 14.2. The first-order valence-corrected chi connectivity index (χ1v) is 11.5. The van der Waals surface area contributed by atoms with Crippen LogP contribution in [-0.4, -0.2) is 50.9 Å². The van der Waals surface area contributed by atoms with E-state index in [1.54, 1.807) is 0 Å². The molecular weight excluding hydrogens is 499 g/mol. The fourth-order valence-electron chi connectivity index (χ4n) is 3.69. The average Bonchev–Trinajstić information content (AvgIpc) is 3.04. The summed E-state index contributed by atoms with van der Waals surface area (Å²) in [6.45, 7) is -1.31. The Morgan fingerprint density at radius 2 is 2.03 bits per heavy atom. The second kappa shape index (κ2) is 9.60. The number of aliphatic hydroxyl groups is 2. The van der Waals surface area contributed by atoms with Crippen LogP contribution in [0.4, 0.5) is 8.78 Å². The second-order valence-corrected chi connectivity index (χ2v) is 9.19. The third-order valence-corrected chi connectivity index (χ3v) is 6.84. The van der Waals surface area contributed by atoms with Crippen LogP contribution in [0.15, 0.2) is 45.2 Å². The highest BCUT2D eigenvalue weighted by Gasteiger charge is 2.56. The van der Waals surface area contributed by atoms with E-state index >= 15 is 0 Å². The van der Waals surface area contributed by atoms with Crippen LogP contribution >= 0.6 is 7.82 Å². The van der Waals surface area contributed by atoms with Gasteiger partial charge >= 0.3 is 13.5 Å². The SMILES string of the molecule is [N-]=[N+]=N[C@]1(COP2(=O)OCC[C@@H](c3c(F)cccc3F)O2)OC(n2ccc(=O)[nH]c2=O)[C@H](O)[C@@H]1O. The number of hydrogen-bond acceptors (Lipinski definition) is 10. The van der Waals surface area contributed by atoms with Gasteiger partial charge in [-0.15, -0.1) is 0 Å². The average molecular weight is 517 g/mol. The molecule has 1 aromatic carbocycles. The summed E-state index contributed by atoms with van der Waals surface area (Å²) in [5.41, 5.74) is 4.32. The van der Waals surface area contributed by atoms with Gasteiger partial charge in [-0.2, -0.15) is 0 Å². The summed E-state index contributed by atoms with van der Waals surface area (Å²) >= 11 is 0. The van der Waals surface area contributed by atoms with Crippen LogP contribution in [0.3, 0.4) is 0 Å². The van der Waals surface area contributed by atoms with Gasteiger partial charge in [0.25, 0.3) is 5.56 Å². The van der Waals surface area contributed by atoms with E-state index in [2.05, 4.69) is 10.0 Å². The molecule has 6 atom stereocenters. The number of halogens is 2. The van der Waals surface area contributed by atoms with Crippen LogP contribution in [0.1, 0.15) is 24.3 Å². The summed E-state index contributed by atoms with van der Waals surface area (Å²) in [5, 5.41) is 24.3. The Balaban J connectivity index is 1.57. The van der Waals surface area contributed by atoms with Crippen LogP contribution in [0.2, 0.25) is 0 Å². The third-order valence-electron chi connectivity index (χ3n) is 5.38. The molecule has 4 rings (SSSR count). The van der Waals surface area contributed by atoms with E-state index in [0.717, 1.165) is 35.0 Å². The number of nitrogens with one attached hydrogen (secondary N) is 1. The van der Waals surface area contributed by atoms with E-state index in [-0.39, 0.29) is 13.0 Å². The van der Waals surface area contributed by atoms with Crippen LogP contribution in [0.25, 0.3) is 10.4 Å². The Morgan fingerprint density at radius 1 is 1.31 bits per heavy atom. The maximum Gasteiger partial charge on any atom is 0.475 e. The molecule has 35 heavy (non-hydrogen) atoms. The van der Waals surface area contributed by atoms with Crippen molar-refractivity contribution in [2.45, 2.75) is 36.7 Å². The van der Waals surface area contributed by atoms with Crippen molar-refractivity contribution in [1.82, 2.24) is 9.55 Å². The minimum atomic E-state index is -4.55. The smallest absolute Gasteiger partial charge is 0.387 e. The Kier molecular flexibility index (Phi) is 6.90. The number of ether oxygens (including phenoxy) is 1. The molecule has 0 saturated carbocycles. The first-order chi connectivity index (χ1) is 16.6. The number of phosphoric ester groups is 1. The molecule has 2 fully saturated rings. The molecule has 0 aliphatic carbocycles. The molecule has 2 aliphatic rings. The van der Waals surface area contributed by atoms with E-state index in [1.807, 2.05) is 4.98 Å². The molecule has 2 unspecified atom stereocenters. The third kappa shape index (κ3) is 4.78. The van der Waals surface area contributed by atoms with Gasteiger partial charge in [0.2, 0.25) is 5.72 Å². The molecule has 3 heterocycles. The zero-order chi connectivity index (χ0) is 25.4. The van der Waals surface area contributed by atoms with Crippen LogP contribution in [0.5, 0.6) is 0 Å². The van der Waals surface area contributed by atoms with Gasteiger partial charge in [-0.25, -0.2) is 18.1 Å². The van der Waals surface area contributed by atoms with Crippen molar-refractivity contribution in [2.75, 3.05) is 13.2 Å². The molecule has 14 nitrogen and oxygen atoms in total. The summed E-state index contributed by atoms with van der Waals surface area (Å²) in [6.07, 6.45) is -5.99. The molecule has 188 valence electrons. The first-order valence-electron chi connectivity index (χ1n) is 10.0. The molecule has 17 heteroatoms. The van der Waals surface area contributed by atoms with Crippen molar-refractivity contribution in [3.63, 3.8) is 0 Å². The standard InChI is InChI=1S/C18H18F2N5O9P/c19-9-2-1-3-10(20)13(9)11-5-7-31-35(30,34-11)32-8-18(23-24-21)15(28)14(27)16(33-18)25-6-4-12(26)22-17(25)29/h1-4,6,11,14-16,27-28H,5,7-8H2,(H,22,26,29)/t11-,14+,15-,16?,18+,35?/m0/s1. The Hall–Kier alpha value is -2.94. The van der Waals surface area contributed by atoms with Crippen LogP contribution in [-0.2, 0) is 22.9 Å². The fourth-order valence-corrected chi connectivity index (χ4v) is 5.08. The molecular formula is C18H18F2N5O9P. The van der Waals surface area contributed by atoms with Gasteiger partial charge in [0.05, 0.1) is 18.8 Å². The topological polar surface area (TPSA) is 198 Å². The predicted octanol–water partition coefficient (Wildman–Crippen LogP) is 1.37. The van der Waals surface area contributed by atoms with Crippen molar-refractivity contribution >= 4 is 7.82 Å². The van der Waals surface area contributed by atoms with Gasteiger partial charge in [-0.3, -0.25) is 27.9 Å². The van der Waals surface area contributed by atoms with Crippen molar-refractivity contribution in [3.05, 3.63) is 78.9 Å². The second-order valence-electron chi connectivity index (χ2n) is 7.57. The Labute approximate surface area is 193 Å². The molecule has 0 spiro atoms. The van der Waals surface area contributed by atoms with E-state index in [4.69, 9.17) is 23.8 Å². The van der Waals surface area contributed by atoms with Gasteiger partial charge in [-0.05, 0) is 17.7 Å². The van der Waals surface area contributed by atoms with Gasteiger partial charge in [-0.1, -0.05) is 11.2 Å². The number of H-pyrrole nitrogens is 1. The highest BCUT2D eigenvalue weighted by atomic mass is 31.2. The van der Waals surface area contributed by atoms with Crippen molar-refractivity contribution in [1.29, 1.82) is 0 Å². The molecule has 0 radical (unpaired) electrons. The lowest BCUT2D eigenvalue weighted by Gasteiger charge is -2.32. The lowest BCUT2D eigenvalue weighted by atomic mass is 10.1. The molecule has 0 amide bonds. The van der Waals surface area contributed by atoms with Crippen LogP contribution < -0.4 is 11.2 Å². The normalized spacial score (nSPS) is 32.8. The predicted molar refractivity (Wildman–Crippen MR) is 110 cm³/mol. The van der Waals surface area contributed by atoms with Gasteiger partial charge < -0.3 is 14.9 Å². The van der Waals surface area contributed by atoms with Gasteiger partial charge in [0, 0.05) is 23.6 Å². The highest BCUT2D eigenvalue weighted by Crippen LogP contribution is 2.58. The largest absolute Gasteiger partial charge is 0.475 e. The number of nitrogens with zero attached hydrogens (tertiary/aromatic N) is 4. The van der Waals surface area contributed by atoms with E-state index < -0.39 is 73.1 Å². The van der Waals surface area contributed by atoms with Gasteiger partial charge in [0.15, 0.2) is 6.23 Å². The lowest BCUT2D eigenvalue weighted by molar-refractivity contribution is -0.127. The summed E-state index contributed by atoms with van der Waals surface area (Å²) in [5.74, 6) is -1.89. The van der Waals surface area contributed by atoms with Crippen molar-refractivity contribution < 1.29 is 41.9 Å². The zero-order valence-electron chi connectivity index (χ0n) is 17.6. The van der Waals surface area contributed by atoms with Gasteiger partial charge in [0.1, 0.15) is 29.9 Å². The van der Waals surface area contributed by atoms with E-state index in [0.29, 0.717) is 0 Å². The summed E-state index contributed by atoms with van der Waals surface area (Å²) in [4.78, 5) is 27.9. The minimum Gasteiger partial charge on any atom is -0.387 e. The number of phosphoric acid groups is 1. The minimum absolute atomic E-state index is 0.0677. The zero-order valence-corrected chi connectivity index (χ0v) is 18.5. The maximum absolute atomic E-state index is 14.2. The van der Waals surface area contributed by atoms with E-state index in [1.165, 1.54) is 0 Å². The number of benzene rings is 1. The first kappa shape index (κ1) is 25.2. The summed E-state index contributed by atoms with van der Waals surface area (Å²) < 4.78 is 62.9. The molecule has 2 aromatic rings.